The molecule has 168 valence electrons. The Kier molecular flexibility index (Phi) is 7.19. The lowest BCUT2D eigenvalue weighted by molar-refractivity contribution is -0.132. The maximum atomic E-state index is 12.7. The van der Waals surface area contributed by atoms with Crippen molar-refractivity contribution in [3.63, 3.8) is 0 Å². The summed E-state index contributed by atoms with van der Waals surface area (Å²) in [6.45, 7) is 13.6. The van der Waals surface area contributed by atoms with Crippen LogP contribution in [-0.2, 0) is 11.2 Å². The highest BCUT2D eigenvalue weighted by Gasteiger charge is 2.25. The van der Waals surface area contributed by atoms with Gasteiger partial charge in [-0.15, -0.1) is 0 Å². The zero-order valence-electron chi connectivity index (χ0n) is 19.9. The van der Waals surface area contributed by atoms with Gasteiger partial charge in [-0.3, -0.25) is 4.79 Å². The summed E-state index contributed by atoms with van der Waals surface area (Å²) in [6.07, 6.45) is 2.30. The lowest BCUT2D eigenvalue weighted by Gasteiger charge is -2.27. The fourth-order valence-electron chi connectivity index (χ4n) is 4.08. The van der Waals surface area contributed by atoms with Crippen molar-refractivity contribution in [3.05, 3.63) is 46.9 Å². The SMILES string of the molecule is COc1ccc(Cc2c(C)nc(C)nc2N2CCCN(C(=O)CC(C)(C)C)CC2)cc1. The van der Waals surface area contributed by atoms with Crippen LogP contribution in [0.1, 0.15) is 56.3 Å². The van der Waals surface area contributed by atoms with Crippen molar-refractivity contribution < 1.29 is 9.53 Å². The number of carbonyl (C=O) groups is 1. The third-order valence-electron chi connectivity index (χ3n) is 5.67. The van der Waals surface area contributed by atoms with Crippen molar-refractivity contribution in [1.82, 2.24) is 14.9 Å². The second-order valence-electron chi connectivity index (χ2n) is 9.64. The van der Waals surface area contributed by atoms with Gasteiger partial charge >= 0.3 is 0 Å². The monoisotopic (exact) mass is 424 g/mol. The number of aromatic nitrogens is 2. The van der Waals surface area contributed by atoms with Crippen LogP contribution in [0.2, 0.25) is 0 Å². The second-order valence-corrected chi connectivity index (χ2v) is 9.64. The zero-order chi connectivity index (χ0) is 22.6. The first kappa shape index (κ1) is 23.0. The van der Waals surface area contributed by atoms with E-state index in [2.05, 4.69) is 49.7 Å². The largest absolute Gasteiger partial charge is 0.497 e. The van der Waals surface area contributed by atoms with Gasteiger partial charge in [-0.1, -0.05) is 32.9 Å². The Bertz CT molecular complexity index is 903. The Labute approximate surface area is 186 Å². The first-order valence-electron chi connectivity index (χ1n) is 11.2. The van der Waals surface area contributed by atoms with Gasteiger partial charge in [0, 0.05) is 50.3 Å². The van der Waals surface area contributed by atoms with Gasteiger partial charge in [-0.2, -0.15) is 0 Å². The molecule has 0 saturated carbocycles. The van der Waals surface area contributed by atoms with Gasteiger partial charge in [0.15, 0.2) is 0 Å². The number of hydrogen-bond acceptors (Lipinski definition) is 5. The Morgan fingerprint density at radius 2 is 1.74 bits per heavy atom. The predicted molar refractivity (Wildman–Crippen MR) is 125 cm³/mol. The molecule has 6 nitrogen and oxygen atoms in total. The molecule has 1 aromatic heterocycles. The molecule has 1 aliphatic rings. The number of methoxy groups -OCH3 is 1. The molecule has 31 heavy (non-hydrogen) atoms. The highest BCUT2D eigenvalue weighted by molar-refractivity contribution is 5.77. The molecule has 0 N–H and O–H groups in total. The number of aryl methyl sites for hydroxylation is 2. The number of amides is 1. The van der Waals surface area contributed by atoms with E-state index in [0.29, 0.717) is 6.42 Å². The molecule has 1 saturated heterocycles. The average molecular weight is 425 g/mol. The molecule has 1 fully saturated rings. The third kappa shape index (κ3) is 6.18. The van der Waals surface area contributed by atoms with Crippen LogP contribution in [0, 0.1) is 19.3 Å². The third-order valence-corrected chi connectivity index (χ3v) is 5.67. The minimum atomic E-state index is 0.00941. The highest BCUT2D eigenvalue weighted by Crippen LogP contribution is 2.26. The van der Waals surface area contributed by atoms with Crippen molar-refractivity contribution >= 4 is 11.7 Å². The quantitative estimate of drug-likeness (QED) is 0.721. The highest BCUT2D eigenvalue weighted by atomic mass is 16.5. The van der Waals surface area contributed by atoms with Gasteiger partial charge in [0.2, 0.25) is 5.91 Å². The standard InChI is InChI=1S/C25H36N4O2/c1-18-22(16-20-8-10-21(31-6)11-9-20)24(27-19(2)26-18)29-13-7-12-28(14-15-29)23(30)17-25(3,4)5/h8-11H,7,12-17H2,1-6H3. The van der Waals surface area contributed by atoms with E-state index in [0.717, 1.165) is 67.7 Å². The van der Waals surface area contributed by atoms with E-state index in [4.69, 9.17) is 9.72 Å². The number of hydrogen-bond donors (Lipinski definition) is 0. The molecule has 1 aromatic carbocycles. The van der Waals surface area contributed by atoms with Crippen LogP contribution in [0.4, 0.5) is 5.82 Å². The Morgan fingerprint density at radius 3 is 2.39 bits per heavy atom. The molecular formula is C25H36N4O2. The molecule has 1 aliphatic heterocycles. The summed E-state index contributed by atoms with van der Waals surface area (Å²) < 4.78 is 5.29. The van der Waals surface area contributed by atoms with Gasteiger partial charge in [-0.05, 0) is 43.4 Å². The molecule has 0 unspecified atom stereocenters. The van der Waals surface area contributed by atoms with Crippen LogP contribution in [0.25, 0.3) is 0 Å². The summed E-state index contributed by atoms with van der Waals surface area (Å²) in [5, 5.41) is 0. The molecule has 1 amide bonds. The molecular weight excluding hydrogens is 388 g/mol. The van der Waals surface area contributed by atoms with Crippen molar-refractivity contribution in [2.45, 2.75) is 53.9 Å². The smallest absolute Gasteiger partial charge is 0.223 e. The topological polar surface area (TPSA) is 58.6 Å². The molecule has 0 bridgehead atoms. The van der Waals surface area contributed by atoms with E-state index >= 15 is 0 Å². The summed E-state index contributed by atoms with van der Waals surface area (Å²) in [4.78, 5) is 26.6. The molecule has 6 heteroatoms. The van der Waals surface area contributed by atoms with Crippen molar-refractivity contribution in [3.8, 4) is 5.75 Å². The van der Waals surface area contributed by atoms with Gasteiger partial charge in [0.1, 0.15) is 17.4 Å². The number of nitrogens with zero attached hydrogens (tertiary/aromatic N) is 4. The summed E-state index contributed by atoms with van der Waals surface area (Å²) in [5.41, 5.74) is 3.39. The van der Waals surface area contributed by atoms with E-state index in [-0.39, 0.29) is 11.3 Å². The van der Waals surface area contributed by atoms with Gasteiger partial charge in [0.25, 0.3) is 0 Å². The lowest BCUT2D eigenvalue weighted by atomic mass is 9.91. The average Bonchev–Trinajstić information content (AvgIpc) is 2.95. The van der Waals surface area contributed by atoms with Crippen LogP contribution in [0.5, 0.6) is 5.75 Å². The van der Waals surface area contributed by atoms with E-state index in [1.165, 1.54) is 5.56 Å². The van der Waals surface area contributed by atoms with Crippen LogP contribution in [0.3, 0.4) is 0 Å². The van der Waals surface area contributed by atoms with Crippen LogP contribution >= 0.6 is 0 Å². The Hall–Kier alpha value is -2.63. The normalized spacial score (nSPS) is 15.0. The predicted octanol–water partition coefficient (Wildman–Crippen LogP) is 4.17. The van der Waals surface area contributed by atoms with Crippen molar-refractivity contribution in [2.75, 3.05) is 38.2 Å². The van der Waals surface area contributed by atoms with Gasteiger partial charge < -0.3 is 14.5 Å². The summed E-state index contributed by atoms with van der Waals surface area (Å²) in [5.74, 6) is 2.90. The summed E-state index contributed by atoms with van der Waals surface area (Å²) >= 11 is 0. The molecule has 2 heterocycles. The molecule has 0 spiro atoms. The maximum absolute atomic E-state index is 12.7. The van der Waals surface area contributed by atoms with E-state index in [1.54, 1.807) is 7.11 Å². The number of carbonyl (C=O) groups excluding carboxylic acids is 1. The number of anilines is 1. The van der Waals surface area contributed by atoms with Crippen LogP contribution < -0.4 is 9.64 Å². The summed E-state index contributed by atoms with van der Waals surface area (Å²) in [7, 11) is 1.68. The fraction of sp³-hybridized carbons (Fsp3) is 0.560. The first-order chi connectivity index (χ1) is 14.7. The fourth-order valence-corrected chi connectivity index (χ4v) is 4.08. The zero-order valence-corrected chi connectivity index (χ0v) is 19.9. The minimum absolute atomic E-state index is 0.00941. The maximum Gasteiger partial charge on any atom is 0.223 e. The molecule has 0 atom stereocenters. The first-order valence-corrected chi connectivity index (χ1v) is 11.2. The number of rotatable bonds is 5. The van der Waals surface area contributed by atoms with E-state index in [1.807, 2.05) is 24.0 Å². The van der Waals surface area contributed by atoms with Crippen molar-refractivity contribution in [2.24, 2.45) is 5.41 Å². The summed E-state index contributed by atoms with van der Waals surface area (Å²) in [6, 6.07) is 8.17. The molecule has 0 aliphatic carbocycles. The molecule has 0 radical (unpaired) electrons. The van der Waals surface area contributed by atoms with Gasteiger partial charge in [-0.25, -0.2) is 9.97 Å². The number of ether oxygens (including phenoxy) is 1. The van der Waals surface area contributed by atoms with Crippen LogP contribution in [-0.4, -0.2) is 54.1 Å². The Balaban J connectivity index is 1.80. The molecule has 3 rings (SSSR count). The lowest BCUT2D eigenvalue weighted by Crippen LogP contribution is -2.37. The molecule has 2 aromatic rings. The minimum Gasteiger partial charge on any atom is -0.497 e. The van der Waals surface area contributed by atoms with E-state index < -0.39 is 0 Å². The van der Waals surface area contributed by atoms with Crippen molar-refractivity contribution in [1.29, 1.82) is 0 Å². The second kappa shape index (κ2) is 9.67. The van der Waals surface area contributed by atoms with Gasteiger partial charge in [0.05, 0.1) is 7.11 Å². The number of benzene rings is 1. The van der Waals surface area contributed by atoms with Crippen LogP contribution in [0.15, 0.2) is 24.3 Å². The Morgan fingerprint density at radius 1 is 1.03 bits per heavy atom. The van der Waals surface area contributed by atoms with E-state index in [9.17, 15) is 4.79 Å².